The van der Waals surface area contributed by atoms with Crippen LogP contribution < -0.4 is 5.32 Å². The summed E-state index contributed by atoms with van der Waals surface area (Å²) in [4.78, 5) is 12.0. The molecular formula is C14H24INO. The van der Waals surface area contributed by atoms with Crippen molar-refractivity contribution in [3.05, 3.63) is 0 Å². The summed E-state index contributed by atoms with van der Waals surface area (Å²) in [6, 6.07) is 0. The lowest BCUT2D eigenvalue weighted by Crippen LogP contribution is -2.37. The van der Waals surface area contributed by atoms with Gasteiger partial charge >= 0.3 is 0 Å². The van der Waals surface area contributed by atoms with Crippen LogP contribution in [0.5, 0.6) is 0 Å². The summed E-state index contributed by atoms with van der Waals surface area (Å²) in [5, 5.41) is 3.11. The summed E-state index contributed by atoms with van der Waals surface area (Å²) in [6.07, 6.45) is 10.3. The number of carbonyl (C=O) groups excluding carboxylic acids is 1. The van der Waals surface area contributed by atoms with Crippen molar-refractivity contribution in [1.82, 2.24) is 5.32 Å². The van der Waals surface area contributed by atoms with Crippen molar-refractivity contribution in [2.75, 3.05) is 11.0 Å². The zero-order chi connectivity index (χ0) is 12.1. The Morgan fingerprint density at radius 3 is 2.65 bits per heavy atom. The fraction of sp³-hybridized carbons (Fsp3) is 0.929. The Bertz CT molecular complexity index is 257. The monoisotopic (exact) mass is 349 g/mol. The van der Waals surface area contributed by atoms with Gasteiger partial charge in [0.2, 0.25) is 5.91 Å². The third-order valence-electron chi connectivity index (χ3n) is 4.52. The maximum absolute atomic E-state index is 12.0. The van der Waals surface area contributed by atoms with E-state index >= 15 is 0 Å². The van der Waals surface area contributed by atoms with Crippen LogP contribution in [0, 0.1) is 17.8 Å². The SMILES string of the molecule is O=C(NCCCI)C1CCC2CCCCC2C1. The van der Waals surface area contributed by atoms with Crippen molar-refractivity contribution in [1.29, 1.82) is 0 Å². The molecule has 0 spiro atoms. The minimum absolute atomic E-state index is 0.323. The van der Waals surface area contributed by atoms with E-state index in [1.165, 1.54) is 38.5 Å². The molecule has 0 aliphatic heterocycles. The molecule has 3 unspecified atom stereocenters. The van der Waals surface area contributed by atoms with E-state index in [2.05, 4.69) is 27.9 Å². The van der Waals surface area contributed by atoms with Gasteiger partial charge in [0.05, 0.1) is 0 Å². The number of carbonyl (C=O) groups is 1. The Balaban J connectivity index is 1.76. The number of nitrogens with one attached hydrogen (secondary N) is 1. The molecule has 1 N–H and O–H groups in total. The molecule has 0 bridgehead atoms. The Labute approximate surface area is 118 Å². The molecule has 3 heteroatoms. The van der Waals surface area contributed by atoms with E-state index in [1.54, 1.807) is 0 Å². The highest BCUT2D eigenvalue weighted by Crippen LogP contribution is 2.42. The van der Waals surface area contributed by atoms with Crippen molar-refractivity contribution < 1.29 is 4.79 Å². The van der Waals surface area contributed by atoms with Crippen molar-refractivity contribution in [2.24, 2.45) is 17.8 Å². The van der Waals surface area contributed by atoms with Crippen LogP contribution in [0.1, 0.15) is 51.4 Å². The second-order valence-corrected chi connectivity index (χ2v) is 6.73. The number of hydrogen-bond donors (Lipinski definition) is 1. The second-order valence-electron chi connectivity index (χ2n) is 5.65. The first-order chi connectivity index (χ1) is 8.31. The molecule has 17 heavy (non-hydrogen) atoms. The summed E-state index contributed by atoms with van der Waals surface area (Å²) in [7, 11) is 0. The molecule has 2 aliphatic carbocycles. The number of alkyl halides is 1. The lowest BCUT2D eigenvalue weighted by molar-refractivity contribution is -0.127. The van der Waals surface area contributed by atoms with Gasteiger partial charge in [0.25, 0.3) is 0 Å². The molecule has 3 atom stereocenters. The normalized spacial score (nSPS) is 32.9. The Morgan fingerprint density at radius 2 is 1.88 bits per heavy atom. The van der Waals surface area contributed by atoms with Crippen LogP contribution in [0.15, 0.2) is 0 Å². The molecule has 0 aromatic rings. The molecule has 0 saturated heterocycles. The van der Waals surface area contributed by atoms with Gasteiger partial charge in [0.1, 0.15) is 0 Å². The number of fused-ring (bicyclic) bond motifs is 1. The maximum Gasteiger partial charge on any atom is 0.223 e. The molecule has 2 saturated carbocycles. The summed E-state index contributed by atoms with van der Waals surface area (Å²) < 4.78 is 1.13. The summed E-state index contributed by atoms with van der Waals surface area (Å²) in [5.74, 6) is 2.46. The molecule has 0 heterocycles. The Hall–Kier alpha value is 0.200. The second kappa shape index (κ2) is 6.95. The molecule has 1 amide bonds. The summed E-state index contributed by atoms with van der Waals surface area (Å²) in [6.45, 7) is 0.867. The van der Waals surface area contributed by atoms with Crippen LogP contribution >= 0.6 is 22.6 Å². The van der Waals surface area contributed by atoms with E-state index in [0.717, 1.165) is 35.6 Å². The van der Waals surface area contributed by atoms with Gasteiger partial charge in [-0.1, -0.05) is 48.3 Å². The molecule has 2 rings (SSSR count). The van der Waals surface area contributed by atoms with Crippen LogP contribution in [0.3, 0.4) is 0 Å². The molecule has 0 aromatic carbocycles. The Morgan fingerprint density at radius 1 is 1.12 bits per heavy atom. The first-order valence-electron chi connectivity index (χ1n) is 7.15. The number of rotatable bonds is 4. The number of halogens is 1. The van der Waals surface area contributed by atoms with Crippen LogP contribution in [0.25, 0.3) is 0 Å². The summed E-state index contributed by atoms with van der Waals surface area (Å²) in [5.41, 5.74) is 0. The van der Waals surface area contributed by atoms with Gasteiger partial charge in [-0.25, -0.2) is 0 Å². The number of hydrogen-bond acceptors (Lipinski definition) is 1. The third-order valence-corrected chi connectivity index (χ3v) is 5.28. The van der Waals surface area contributed by atoms with Gasteiger partial charge in [0, 0.05) is 16.9 Å². The van der Waals surface area contributed by atoms with Crippen molar-refractivity contribution in [3.63, 3.8) is 0 Å². The maximum atomic E-state index is 12.0. The van der Waals surface area contributed by atoms with Crippen LogP contribution in [-0.4, -0.2) is 16.9 Å². The van der Waals surface area contributed by atoms with E-state index in [0.29, 0.717) is 11.8 Å². The lowest BCUT2D eigenvalue weighted by Gasteiger charge is -2.38. The first-order valence-corrected chi connectivity index (χ1v) is 8.67. The molecule has 2 fully saturated rings. The van der Waals surface area contributed by atoms with Gasteiger partial charge in [0.15, 0.2) is 0 Å². The van der Waals surface area contributed by atoms with E-state index in [1.807, 2.05) is 0 Å². The van der Waals surface area contributed by atoms with Gasteiger partial charge in [-0.05, 0) is 37.5 Å². The first kappa shape index (κ1) is 13.6. The zero-order valence-corrected chi connectivity index (χ0v) is 12.7. The van der Waals surface area contributed by atoms with E-state index < -0.39 is 0 Å². The molecule has 0 radical (unpaired) electrons. The molecule has 2 aliphatic rings. The summed E-state index contributed by atoms with van der Waals surface area (Å²) >= 11 is 2.36. The standard InChI is InChI=1S/C14H24INO/c15-8-3-9-16-14(17)13-7-6-11-4-1-2-5-12(11)10-13/h11-13H,1-10H2,(H,16,17). The molecular weight excluding hydrogens is 325 g/mol. The van der Waals surface area contributed by atoms with Crippen LogP contribution in [0.2, 0.25) is 0 Å². The van der Waals surface area contributed by atoms with E-state index in [9.17, 15) is 4.79 Å². The highest BCUT2D eigenvalue weighted by atomic mass is 127. The van der Waals surface area contributed by atoms with E-state index in [4.69, 9.17) is 0 Å². The largest absolute Gasteiger partial charge is 0.356 e. The van der Waals surface area contributed by atoms with Crippen LogP contribution in [-0.2, 0) is 4.79 Å². The van der Waals surface area contributed by atoms with Crippen molar-refractivity contribution >= 4 is 28.5 Å². The fourth-order valence-electron chi connectivity index (χ4n) is 3.53. The highest BCUT2D eigenvalue weighted by molar-refractivity contribution is 14.1. The number of amides is 1. The lowest BCUT2D eigenvalue weighted by atomic mass is 9.67. The highest BCUT2D eigenvalue weighted by Gasteiger charge is 2.34. The van der Waals surface area contributed by atoms with Gasteiger partial charge < -0.3 is 5.32 Å². The predicted octanol–water partition coefficient (Wildman–Crippen LogP) is 3.53. The average Bonchev–Trinajstić information content (AvgIpc) is 2.38. The predicted molar refractivity (Wildman–Crippen MR) is 79.3 cm³/mol. The van der Waals surface area contributed by atoms with Crippen molar-refractivity contribution in [3.8, 4) is 0 Å². The van der Waals surface area contributed by atoms with Gasteiger partial charge in [-0.3, -0.25) is 4.79 Å². The molecule has 2 nitrogen and oxygen atoms in total. The Kier molecular flexibility index (Phi) is 5.57. The smallest absolute Gasteiger partial charge is 0.223 e. The fourth-order valence-corrected chi connectivity index (χ4v) is 3.92. The minimum atomic E-state index is 0.323. The van der Waals surface area contributed by atoms with Gasteiger partial charge in [-0.2, -0.15) is 0 Å². The third kappa shape index (κ3) is 3.83. The zero-order valence-electron chi connectivity index (χ0n) is 10.6. The molecule has 0 aromatic heterocycles. The van der Waals surface area contributed by atoms with Crippen LogP contribution in [0.4, 0.5) is 0 Å². The molecule has 98 valence electrons. The van der Waals surface area contributed by atoms with Gasteiger partial charge in [-0.15, -0.1) is 0 Å². The topological polar surface area (TPSA) is 29.1 Å². The quantitative estimate of drug-likeness (QED) is 0.470. The van der Waals surface area contributed by atoms with Crippen molar-refractivity contribution in [2.45, 2.75) is 51.4 Å². The van der Waals surface area contributed by atoms with E-state index in [-0.39, 0.29) is 0 Å². The average molecular weight is 349 g/mol. The minimum Gasteiger partial charge on any atom is -0.356 e.